The SMILES string of the molecule is CCCCCCCCNC(=O)[C@H](CO)N=C(c1ccccc1)c1ccccc1. The highest BCUT2D eigenvalue weighted by atomic mass is 16.3. The Labute approximate surface area is 168 Å². The zero-order chi connectivity index (χ0) is 20.0. The number of aliphatic imine (C=N–C) groups is 1. The lowest BCUT2D eigenvalue weighted by atomic mass is 10.0. The monoisotopic (exact) mass is 380 g/mol. The molecular formula is C24H32N2O2. The van der Waals surface area contributed by atoms with Gasteiger partial charge >= 0.3 is 0 Å². The van der Waals surface area contributed by atoms with Crippen LogP contribution in [0.3, 0.4) is 0 Å². The molecule has 0 aliphatic heterocycles. The molecule has 0 radical (unpaired) electrons. The van der Waals surface area contributed by atoms with Gasteiger partial charge in [0.15, 0.2) is 6.04 Å². The molecule has 2 rings (SSSR count). The number of hydrogen-bond donors (Lipinski definition) is 2. The second kappa shape index (κ2) is 12.8. The Morgan fingerprint density at radius 2 is 1.43 bits per heavy atom. The highest BCUT2D eigenvalue weighted by molar-refractivity contribution is 6.13. The smallest absolute Gasteiger partial charge is 0.247 e. The van der Waals surface area contributed by atoms with Crippen molar-refractivity contribution >= 4 is 11.6 Å². The van der Waals surface area contributed by atoms with E-state index < -0.39 is 6.04 Å². The molecule has 2 aromatic rings. The topological polar surface area (TPSA) is 61.7 Å². The predicted octanol–water partition coefficient (Wildman–Crippen LogP) is 4.36. The van der Waals surface area contributed by atoms with Crippen molar-refractivity contribution in [2.75, 3.05) is 13.2 Å². The Bertz CT molecular complexity index is 672. The molecule has 0 fully saturated rings. The molecule has 150 valence electrons. The van der Waals surface area contributed by atoms with Gasteiger partial charge in [0.25, 0.3) is 0 Å². The van der Waals surface area contributed by atoms with Gasteiger partial charge in [0.05, 0.1) is 12.3 Å². The molecule has 4 heteroatoms. The Kier molecular flexibility index (Phi) is 10.0. The molecule has 0 heterocycles. The second-order valence-electron chi connectivity index (χ2n) is 6.97. The minimum Gasteiger partial charge on any atom is -0.394 e. The van der Waals surface area contributed by atoms with E-state index in [-0.39, 0.29) is 12.5 Å². The average molecular weight is 381 g/mol. The number of aliphatic hydroxyl groups excluding tert-OH is 1. The molecule has 0 aliphatic carbocycles. The average Bonchev–Trinajstić information content (AvgIpc) is 2.75. The van der Waals surface area contributed by atoms with Gasteiger partial charge in [-0.3, -0.25) is 9.79 Å². The van der Waals surface area contributed by atoms with Gasteiger partial charge in [-0.05, 0) is 6.42 Å². The first-order valence-electron chi connectivity index (χ1n) is 10.3. The third-order valence-corrected chi connectivity index (χ3v) is 4.68. The second-order valence-corrected chi connectivity index (χ2v) is 6.97. The molecule has 0 unspecified atom stereocenters. The summed E-state index contributed by atoms with van der Waals surface area (Å²) >= 11 is 0. The lowest BCUT2D eigenvalue weighted by Crippen LogP contribution is -2.37. The van der Waals surface area contributed by atoms with Crippen molar-refractivity contribution in [1.82, 2.24) is 5.32 Å². The molecule has 4 nitrogen and oxygen atoms in total. The molecule has 2 aromatic carbocycles. The number of nitrogens with zero attached hydrogens (tertiary/aromatic N) is 1. The molecule has 1 amide bonds. The summed E-state index contributed by atoms with van der Waals surface area (Å²) in [5.41, 5.74) is 2.57. The lowest BCUT2D eigenvalue weighted by molar-refractivity contribution is -0.123. The fraction of sp³-hybridized carbons (Fsp3) is 0.417. The Morgan fingerprint density at radius 3 is 1.96 bits per heavy atom. The van der Waals surface area contributed by atoms with Crippen LogP contribution in [0.15, 0.2) is 65.7 Å². The maximum Gasteiger partial charge on any atom is 0.247 e. The van der Waals surface area contributed by atoms with E-state index in [0.717, 1.165) is 29.7 Å². The van der Waals surface area contributed by atoms with Crippen LogP contribution in [-0.2, 0) is 4.79 Å². The number of carbonyl (C=O) groups is 1. The number of rotatable bonds is 12. The number of hydrogen-bond acceptors (Lipinski definition) is 3. The van der Waals surface area contributed by atoms with Crippen molar-refractivity contribution in [2.45, 2.75) is 51.5 Å². The molecule has 0 aliphatic rings. The van der Waals surface area contributed by atoms with E-state index in [2.05, 4.69) is 17.2 Å². The van der Waals surface area contributed by atoms with Crippen molar-refractivity contribution in [1.29, 1.82) is 0 Å². The van der Waals surface area contributed by atoms with Crippen LogP contribution in [0.4, 0.5) is 0 Å². The van der Waals surface area contributed by atoms with Crippen LogP contribution in [0.5, 0.6) is 0 Å². The maximum atomic E-state index is 12.5. The Balaban J connectivity index is 2.03. The van der Waals surface area contributed by atoms with Gasteiger partial charge in [-0.2, -0.15) is 0 Å². The van der Waals surface area contributed by atoms with Crippen LogP contribution in [0.2, 0.25) is 0 Å². The first-order chi connectivity index (χ1) is 13.8. The summed E-state index contributed by atoms with van der Waals surface area (Å²) in [6, 6.07) is 18.7. The molecule has 2 N–H and O–H groups in total. The number of carbonyl (C=O) groups excluding carboxylic acids is 1. The summed E-state index contributed by atoms with van der Waals surface area (Å²) in [6.45, 7) is 2.52. The van der Waals surface area contributed by atoms with Crippen LogP contribution in [0.1, 0.15) is 56.6 Å². The molecule has 0 saturated carbocycles. The number of benzene rings is 2. The highest BCUT2D eigenvalue weighted by Gasteiger charge is 2.18. The van der Waals surface area contributed by atoms with Crippen LogP contribution >= 0.6 is 0 Å². The molecule has 28 heavy (non-hydrogen) atoms. The van der Waals surface area contributed by atoms with Crippen LogP contribution in [0, 0.1) is 0 Å². The standard InChI is InChI=1S/C24H32N2O2/c1-2-3-4-5-6-13-18-25-24(28)22(19-27)26-23(20-14-9-7-10-15-20)21-16-11-8-12-17-21/h7-12,14-17,22,27H,2-6,13,18-19H2,1H3,(H,25,28)/t22-/m0/s1. The summed E-state index contributed by atoms with van der Waals surface area (Å²) in [6.07, 6.45) is 7.05. The van der Waals surface area contributed by atoms with Gasteiger partial charge in [-0.15, -0.1) is 0 Å². The summed E-state index contributed by atoms with van der Waals surface area (Å²) < 4.78 is 0. The van der Waals surface area contributed by atoms with Crippen LogP contribution in [0.25, 0.3) is 0 Å². The van der Waals surface area contributed by atoms with E-state index in [1.165, 1.54) is 25.7 Å². The number of nitrogens with one attached hydrogen (secondary N) is 1. The van der Waals surface area contributed by atoms with Gasteiger partial charge in [0, 0.05) is 17.7 Å². The van der Waals surface area contributed by atoms with E-state index in [1.54, 1.807) is 0 Å². The van der Waals surface area contributed by atoms with Crippen LogP contribution < -0.4 is 5.32 Å². The van der Waals surface area contributed by atoms with Crippen molar-refractivity contribution in [2.24, 2.45) is 4.99 Å². The van der Waals surface area contributed by atoms with E-state index in [0.29, 0.717) is 6.54 Å². The Morgan fingerprint density at radius 1 is 0.893 bits per heavy atom. The Hall–Kier alpha value is -2.46. The van der Waals surface area contributed by atoms with E-state index in [9.17, 15) is 9.90 Å². The third-order valence-electron chi connectivity index (χ3n) is 4.68. The number of aliphatic hydroxyl groups is 1. The van der Waals surface area contributed by atoms with Gasteiger partial charge in [0.1, 0.15) is 0 Å². The largest absolute Gasteiger partial charge is 0.394 e. The lowest BCUT2D eigenvalue weighted by Gasteiger charge is -2.14. The zero-order valence-electron chi connectivity index (χ0n) is 16.8. The maximum absolute atomic E-state index is 12.5. The third kappa shape index (κ3) is 7.28. The highest BCUT2D eigenvalue weighted by Crippen LogP contribution is 2.12. The quantitative estimate of drug-likeness (QED) is 0.424. The first kappa shape index (κ1) is 21.8. The molecule has 1 atom stereocenters. The van der Waals surface area contributed by atoms with Crippen molar-refractivity contribution in [3.63, 3.8) is 0 Å². The van der Waals surface area contributed by atoms with E-state index in [1.807, 2.05) is 60.7 Å². The first-order valence-corrected chi connectivity index (χ1v) is 10.3. The van der Waals surface area contributed by atoms with Crippen molar-refractivity contribution < 1.29 is 9.90 Å². The zero-order valence-corrected chi connectivity index (χ0v) is 16.8. The molecular weight excluding hydrogens is 348 g/mol. The summed E-state index contributed by atoms with van der Waals surface area (Å²) in [5.74, 6) is -0.222. The van der Waals surface area contributed by atoms with Gasteiger partial charge in [-0.25, -0.2) is 0 Å². The van der Waals surface area contributed by atoms with Crippen molar-refractivity contribution in [3.05, 3.63) is 71.8 Å². The molecule has 0 spiro atoms. The fourth-order valence-corrected chi connectivity index (χ4v) is 3.08. The minimum absolute atomic E-state index is 0.222. The van der Waals surface area contributed by atoms with E-state index in [4.69, 9.17) is 0 Å². The fourth-order valence-electron chi connectivity index (χ4n) is 3.08. The van der Waals surface area contributed by atoms with Gasteiger partial charge in [0.2, 0.25) is 5.91 Å². The molecule has 0 bridgehead atoms. The predicted molar refractivity (Wildman–Crippen MR) is 116 cm³/mol. The normalized spacial score (nSPS) is 11.6. The minimum atomic E-state index is -0.810. The summed E-state index contributed by atoms with van der Waals surface area (Å²) in [4.78, 5) is 17.2. The number of unbranched alkanes of at least 4 members (excludes halogenated alkanes) is 5. The van der Waals surface area contributed by atoms with E-state index >= 15 is 0 Å². The van der Waals surface area contributed by atoms with Crippen LogP contribution in [-0.4, -0.2) is 35.9 Å². The van der Waals surface area contributed by atoms with Gasteiger partial charge < -0.3 is 10.4 Å². The molecule has 0 aromatic heterocycles. The molecule has 0 saturated heterocycles. The summed E-state index contributed by atoms with van der Waals surface area (Å²) in [7, 11) is 0. The number of amides is 1. The van der Waals surface area contributed by atoms with Crippen molar-refractivity contribution in [3.8, 4) is 0 Å². The summed E-state index contributed by atoms with van der Waals surface area (Å²) in [5, 5.41) is 12.7. The van der Waals surface area contributed by atoms with Gasteiger partial charge in [-0.1, -0.05) is 99.7 Å².